The number of aryl methyl sites for hydroxylation is 2. The number of benzene rings is 1. The monoisotopic (exact) mass is 292 g/mol. The van der Waals surface area contributed by atoms with Crippen LogP contribution in [-0.4, -0.2) is 24.6 Å². The molecular weight excluding hydrogens is 280 g/mol. The van der Waals surface area contributed by atoms with Crippen molar-refractivity contribution in [2.24, 2.45) is 0 Å². The van der Waals surface area contributed by atoms with Crippen molar-refractivity contribution < 1.29 is 13.5 Å². The molecule has 0 radical (unpaired) electrons. The molecule has 0 aliphatic carbocycles. The van der Waals surface area contributed by atoms with Crippen molar-refractivity contribution in [3.05, 3.63) is 23.3 Å². The van der Waals surface area contributed by atoms with Crippen molar-refractivity contribution in [2.45, 2.75) is 18.7 Å². The zero-order chi connectivity index (χ0) is 11.6. The van der Waals surface area contributed by atoms with Crippen LogP contribution in [0, 0.1) is 13.8 Å². The van der Waals surface area contributed by atoms with E-state index in [1.165, 1.54) is 12.1 Å². The lowest BCUT2D eigenvalue weighted by atomic mass is 10.1. The van der Waals surface area contributed by atoms with Crippen molar-refractivity contribution in [3.8, 4) is 5.75 Å². The number of hydrogen-bond donors (Lipinski definition) is 1. The molecule has 0 aliphatic rings. The molecule has 0 saturated carbocycles. The van der Waals surface area contributed by atoms with E-state index < -0.39 is 9.84 Å². The van der Waals surface area contributed by atoms with Crippen molar-refractivity contribution in [3.63, 3.8) is 0 Å². The van der Waals surface area contributed by atoms with Crippen LogP contribution < -0.4 is 0 Å². The first-order valence-electron chi connectivity index (χ1n) is 4.47. The largest absolute Gasteiger partial charge is 0.507 e. The summed E-state index contributed by atoms with van der Waals surface area (Å²) in [6.45, 7) is 3.65. The van der Waals surface area contributed by atoms with E-state index in [1.807, 2.05) is 13.8 Å². The molecule has 0 aliphatic heterocycles. The summed E-state index contributed by atoms with van der Waals surface area (Å²) < 4.78 is 23.5. The van der Waals surface area contributed by atoms with E-state index in [2.05, 4.69) is 15.9 Å². The Bertz CT molecular complexity index is 466. The number of rotatable bonds is 3. The minimum atomic E-state index is -3.38. The molecule has 0 heterocycles. The van der Waals surface area contributed by atoms with E-state index in [0.717, 1.165) is 11.1 Å². The van der Waals surface area contributed by atoms with E-state index in [4.69, 9.17) is 0 Å². The van der Waals surface area contributed by atoms with Crippen LogP contribution in [-0.2, 0) is 9.84 Å². The lowest BCUT2D eigenvalue weighted by Gasteiger charge is -2.08. The summed E-state index contributed by atoms with van der Waals surface area (Å²) in [5.41, 5.74) is 1.74. The SMILES string of the molecule is Cc1cc(O)c(S(=O)(=O)CCBr)cc1C. The van der Waals surface area contributed by atoms with Gasteiger partial charge in [0, 0.05) is 5.33 Å². The number of alkyl halides is 1. The standard InChI is InChI=1S/C10H13BrO3S/c1-7-5-9(12)10(6-8(7)2)15(13,14)4-3-11/h5-6,12H,3-4H2,1-2H3. The Morgan fingerprint density at radius 2 is 1.80 bits per heavy atom. The Hall–Kier alpha value is -0.550. The fraction of sp³-hybridized carbons (Fsp3) is 0.400. The van der Waals surface area contributed by atoms with Crippen LogP contribution in [0.4, 0.5) is 0 Å². The minimum absolute atomic E-state index is 0.0109. The molecule has 0 atom stereocenters. The van der Waals surface area contributed by atoms with Crippen LogP contribution in [0.3, 0.4) is 0 Å². The molecule has 84 valence electrons. The zero-order valence-electron chi connectivity index (χ0n) is 8.62. The zero-order valence-corrected chi connectivity index (χ0v) is 11.0. The molecule has 0 unspecified atom stereocenters. The predicted molar refractivity (Wildman–Crippen MR) is 63.4 cm³/mol. The maximum Gasteiger partial charge on any atom is 0.182 e. The molecule has 3 nitrogen and oxygen atoms in total. The molecule has 0 aromatic heterocycles. The van der Waals surface area contributed by atoms with Crippen LogP contribution in [0.2, 0.25) is 0 Å². The van der Waals surface area contributed by atoms with Crippen molar-refractivity contribution in [1.29, 1.82) is 0 Å². The molecule has 1 N–H and O–H groups in total. The van der Waals surface area contributed by atoms with Crippen molar-refractivity contribution in [1.82, 2.24) is 0 Å². The lowest BCUT2D eigenvalue weighted by molar-refractivity contribution is 0.458. The number of sulfone groups is 1. The maximum atomic E-state index is 11.7. The number of phenolic OH excluding ortho intramolecular Hbond substituents is 1. The van der Waals surface area contributed by atoms with Gasteiger partial charge in [-0.3, -0.25) is 0 Å². The molecule has 1 rings (SSSR count). The van der Waals surface area contributed by atoms with Gasteiger partial charge in [-0.15, -0.1) is 0 Å². The van der Waals surface area contributed by atoms with Crippen molar-refractivity contribution >= 4 is 25.8 Å². The van der Waals surface area contributed by atoms with Crippen LogP contribution in [0.1, 0.15) is 11.1 Å². The smallest absolute Gasteiger partial charge is 0.182 e. The van der Waals surface area contributed by atoms with Gasteiger partial charge in [-0.05, 0) is 37.1 Å². The Morgan fingerprint density at radius 3 is 2.33 bits per heavy atom. The maximum absolute atomic E-state index is 11.7. The van der Waals surface area contributed by atoms with Crippen molar-refractivity contribution in [2.75, 3.05) is 11.1 Å². The molecule has 1 aromatic carbocycles. The number of phenols is 1. The molecule has 15 heavy (non-hydrogen) atoms. The second kappa shape index (κ2) is 4.53. The third-order valence-corrected chi connectivity index (χ3v) is 4.92. The average Bonchev–Trinajstić information content (AvgIpc) is 2.11. The molecule has 0 fully saturated rings. The highest BCUT2D eigenvalue weighted by atomic mass is 79.9. The van der Waals surface area contributed by atoms with Gasteiger partial charge in [0.15, 0.2) is 9.84 Å². The Labute approximate surface area is 98.2 Å². The van der Waals surface area contributed by atoms with Crippen LogP contribution in [0.25, 0.3) is 0 Å². The summed E-state index contributed by atoms with van der Waals surface area (Å²) in [5.74, 6) is -0.178. The predicted octanol–water partition coefficient (Wildman–Crippen LogP) is 2.18. The van der Waals surface area contributed by atoms with Gasteiger partial charge in [-0.1, -0.05) is 15.9 Å². The quantitative estimate of drug-likeness (QED) is 0.869. The highest BCUT2D eigenvalue weighted by Gasteiger charge is 2.18. The van der Waals surface area contributed by atoms with Gasteiger partial charge in [0.2, 0.25) is 0 Å². The Balaban J connectivity index is 3.33. The van der Waals surface area contributed by atoms with Gasteiger partial charge >= 0.3 is 0 Å². The molecule has 0 saturated heterocycles. The van der Waals surface area contributed by atoms with E-state index >= 15 is 0 Å². The highest BCUT2D eigenvalue weighted by Crippen LogP contribution is 2.27. The summed E-state index contributed by atoms with van der Waals surface area (Å²) >= 11 is 3.08. The van der Waals surface area contributed by atoms with Gasteiger partial charge < -0.3 is 5.11 Å². The van der Waals surface area contributed by atoms with Gasteiger partial charge in [0.25, 0.3) is 0 Å². The third-order valence-electron chi connectivity index (χ3n) is 2.26. The van der Waals surface area contributed by atoms with E-state index in [9.17, 15) is 13.5 Å². The molecule has 1 aromatic rings. The lowest BCUT2D eigenvalue weighted by Crippen LogP contribution is -2.08. The number of halogens is 1. The summed E-state index contributed by atoms with van der Waals surface area (Å²) in [7, 11) is -3.38. The summed E-state index contributed by atoms with van der Waals surface area (Å²) in [4.78, 5) is 0.0186. The fourth-order valence-corrected chi connectivity index (χ4v) is 3.67. The Morgan fingerprint density at radius 1 is 1.27 bits per heavy atom. The van der Waals surface area contributed by atoms with E-state index in [1.54, 1.807) is 0 Å². The van der Waals surface area contributed by atoms with Gasteiger partial charge in [0.1, 0.15) is 10.6 Å². The third kappa shape index (κ3) is 2.72. The number of aromatic hydroxyl groups is 1. The second-order valence-electron chi connectivity index (χ2n) is 3.41. The summed E-state index contributed by atoms with van der Waals surface area (Å²) in [6, 6.07) is 3.00. The Kier molecular flexibility index (Phi) is 3.78. The highest BCUT2D eigenvalue weighted by molar-refractivity contribution is 9.09. The average molecular weight is 293 g/mol. The molecule has 0 bridgehead atoms. The first kappa shape index (κ1) is 12.5. The number of hydrogen-bond acceptors (Lipinski definition) is 3. The minimum Gasteiger partial charge on any atom is -0.507 e. The van der Waals surface area contributed by atoms with E-state index in [-0.39, 0.29) is 16.4 Å². The van der Waals surface area contributed by atoms with Crippen LogP contribution in [0.5, 0.6) is 5.75 Å². The van der Waals surface area contributed by atoms with Crippen LogP contribution >= 0.6 is 15.9 Å². The molecule has 5 heteroatoms. The summed E-state index contributed by atoms with van der Waals surface area (Å²) in [6.07, 6.45) is 0. The topological polar surface area (TPSA) is 54.4 Å². The van der Waals surface area contributed by atoms with Gasteiger partial charge in [-0.25, -0.2) is 8.42 Å². The first-order chi connectivity index (χ1) is 6.88. The second-order valence-corrected chi connectivity index (χ2v) is 6.28. The normalized spacial score (nSPS) is 11.7. The molecule has 0 amide bonds. The van der Waals surface area contributed by atoms with E-state index in [0.29, 0.717) is 5.33 Å². The fourth-order valence-electron chi connectivity index (χ4n) is 1.24. The molecule has 0 spiro atoms. The van der Waals surface area contributed by atoms with Gasteiger partial charge in [0.05, 0.1) is 5.75 Å². The first-order valence-corrected chi connectivity index (χ1v) is 7.25. The van der Waals surface area contributed by atoms with Gasteiger partial charge in [-0.2, -0.15) is 0 Å². The molecular formula is C10H13BrO3S. The summed E-state index contributed by atoms with van der Waals surface area (Å²) in [5, 5.41) is 9.95. The van der Waals surface area contributed by atoms with Crippen LogP contribution in [0.15, 0.2) is 17.0 Å².